The van der Waals surface area contributed by atoms with Crippen LogP contribution >= 0.6 is 0 Å². The predicted molar refractivity (Wildman–Crippen MR) is 54.8 cm³/mol. The monoisotopic (exact) mass is 203 g/mol. The van der Waals surface area contributed by atoms with Crippen LogP contribution in [-0.4, -0.2) is 11.0 Å². The molecular formula is C11H9NO3. The van der Waals surface area contributed by atoms with Crippen LogP contribution in [0.3, 0.4) is 0 Å². The van der Waals surface area contributed by atoms with E-state index in [1.54, 1.807) is 7.05 Å². The second-order valence-electron chi connectivity index (χ2n) is 3.12. The van der Waals surface area contributed by atoms with Crippen molar-refractivity contribution < 1.29 is 9.32 Å². The number of carbonyl (C=O) groups is 1. The molecule has 2 aromatic rings. The Balaban J connectivity index is 2.73. The van der Waals surface area contributed by atoms with Gasteiger partial charge >= 0.3 is 5.63 Å². The Labute approximate surface area is 85.7 Å². The molecule has 4 heteroatoms. The minimum absolute atomic E-state index is 0.0590. The van der Waals surface area contributed by atoms with E-state index in [9.17, 15) is 9.59 Å². The Morgan fingerprint density at radius 1 is 1.27 bits per heavy atom. The zero-order valence-corrected chi connectivity index (χ0v) is 8.14. The fourth-order valence-corrected chi connectivity index (χ4v) is 1.52. The molecule has 1 aromatic carbocycles. The number of carbonyl (C=O) groups excluding carboxylic acids is 1. The Morgan fingerprint density at radius 2 is 1.93 bits per heavy atom. The van der Waals surface area contributed by atoms with Gasteiger partial charge in [0.2, 0.25) is 0 Å². The molecule has 0 unspecified atom stereocenters. The van der Waals surface area contributed by atoms with Crippen molar-refractivity contribution in [2.45, 2.75) is 0 Å². The maximum Gasteiger partial charge on any atom is 0.368 e. The number of benzene rings is 1. The third-order valence-electron chi connectivity index (χ3n) is 2.17. The second kappa shape index (κ2) is 3.57. The number of rotatable bonds is 2. The minimum atomic E-state index is -0.605. The number of nitrogens with zero attached hydrogens (tertiary/aromatic N) is 1. The second-order valence-corrected chi connectivity index (χ2v) is 3.12. The number of hydrogen-bond donors (Lipinski definition) is 0. The molecule has 0 radical (unpaired) electrons. The van der Waals surface area contributed by atoms with Crippen molar-refractivity contribution in [1.82, 2.24) is 4.74 Å². The molecule has 0 aliphatic rings. The van der Waals surface area contributed by atoms with Crippen LogP contribution in [0.5, 0.6) is 0 Å². The van der Waals surface area contributed by atoms with Gasteiger partial charge in [-0.25, -0.2) is 9.53 Å². The zero-order chi connectivity index (χ0) is 10.8. The molecule has 0 amide bonds. The molecule has 2 rings (SSSR count). The Hall–Kier alpha value is -2.10. The van der Waals surface area contributed by atoms with Gasteiger partial charge in [-0.15, -0.1) is 0 Å². The van der Waals surface area contributed by atoms with Gasteiger partial charge < -0.3 is 4.52 Å². The highest BCUT2D eigenvalue weighted by Gasteiger charge is 2.15. The third-order valence-corrected chi connectivity index (χ3v) is 2.17. The van der Waals surface area contributed by atoms with Crippen LogP contribution in [0.25, 0.3) is 11.3 Å². The van der Waals surface area contributed by atoms with Gasteiger partial charge in [0, 0.05) is 12.6 Å². The summed E-state index contributed by atoms with van der Waals surface area (Å²) in [5.74, 6) is 0. The van der Waals surface area contributed by atoms with Gasteiger partial charge in [-0.1, -0.05) is 30.3 Å². The Morgan fingerprint density at radius 3 is 2.53 bits per heavy atom. The first kappa shape index (κ1) is 9.45. The number of aryl methyl sites for hydroxylation is 1. The fourth-order valence-electron chi connectivity index (χ4n) is 1.52. The molecule has 0 atom stereocenters. The van der Waals surface area contributed by atoms with E-state index in [2.05, 4.69) is 0 Å². The molecule has 0 N–H and O–H groups in total. The van der Waals surface area contributed by atoms with Crippen LogP contribution in [0.1, 0.15) is 10.4 Å². The minimum Gasteiger partial charge on any atom is -0.335 e. The quantitative estimate of drug-likeness (QED) is 0.694. The summed E-state index contributed by atoms with van der Waals surface area (Å²) in [6.07, 6.45) is 0.522. The average molecular weight is 203 g/mol. The van der Waals surface area contributed by atoms with Crippen molar-refractivity contribution in [3.63, 3.8) is 0 Å². The lowest BCUT2D eigenvalue weighted by molar-refractivity contribution is 0.112. The van der Waals surface area contributed by atoms with Gasteiger partial charge in [-0.2, -0.15) is 0 Å². The molecule has 1 heterocycles. The summed E-state index contributed by atoms with van der Waals surface area (Å²) >= 11 is 0. The standard InChI is InChI=1S/C11H9NO3/c1-12-10(8-5-3-2-4-6-8)9(7-13)11(14)15-12/h2-7H,1H3. The molecule has 0 fully saturated rings. The molecule has 0 saturated carbocycles. The molecule has 0 saturated heterocycles. The normalized spacial score (nSPS) is 10.2. The van der Waals surface area contributed by atoms with Crippen LogP contribution in [0.4, 0.5) is 0 Å². The summed E-state index contributed by atoms with van der Waals surface area (Å²) in [5, 5.41) is 0. The number of hydrogen-bond acceptors (Lipinski definition) is 3. The molecule has 76 valence electrons. The van der Waals surface area contributed by atoms with Gasteiger partial charge in [0.1, 0.15) is 5.56 Å². The first-order valence-corrected chi connectivity index (χ1v) is 4.45. The van der Waals surface area contributed by atoms with Gasteiger partial charge in [0.05, 0.1) is 5.69 Å². The van der Waals surface area contributed by atoms with E-state index in [4.69, 9.17) is 4.52 Å². The highest BCUT2D eigenvalue weighted by Crippen LogP contribution is 2.19. The van der Waals surface area contributed by atoms with E-state index in [1.807, 2.05) is 30.3 Å². The van der Waals surface area contributed by atoms with Crippen molar-refractivity contribution in [3.05, 3.63) is 46.3 Å². The molecule has 4 nitrogen and oxygen atoms in total. The van der Waals surface area contributed by atoms with Crippen molar-refractivity contribution in [2.75, 3.05) is 0 Å². The van der Waals surface area contributed by atoms with Crippen LogP contribution in [0, 0.1) is 0 Å². The van der Waals surface area contributed by atoms with Gasteiger partial charge in [0.15, 0.2) is 6.29 Å². The predicted octanol–water partition coefficient (Wildman–Crippen LogP) is 1.46. The summed E-state index contributed by atoms with van der Waals surface area (Å²) in [6.45, 7) is 0. The Kier molecular flexibility index (Phi) is 2.25. The van der Waals surface area contributed by atoms with Crippen molar-refractivity contribution in [2.24, 2.45) is 7.05 Å². The van der Waals surface area contributed by atoms with Crippen LogP contribution in [0.2, 0.25) is 0 Å². The third kappa shape index (κ3) is 1.50. The zero-order valence-electron chi connectivity index (χ0n) is 8.14. The molecule has 0 aliphatic carbocycles. The van der Waals surface area contributed by atoms with Crippen LogP contribution in [0.15, 0.2) is 39.6 Å². The van der Waals surface area contributed by atoms with Crippen molar-refractivity contribution in [1.29, 1.82) is 0 Å². The van der Waals surface area contributed by atoms with E-state index < -0.39 is 5.63 Å². The smallest absolute Gasteiger partial charge is 0.335 e. The SMILES string of the molecule is Cn1oc(=O)c(C=O)c1-c1ccccc1. The van der Waals surface area contributed by atoms with Crippen LogP contribution in [-0.2, 0) is 7.05 Å². The van der Waals surface area contributed by atoms with Gasteiger partial charge in [-0.3, -0.25) is 4.79 Å². The van der Waals surface area contributed by atoms with Gasteiger partial charge in [-0.05, 0) is 0 Å². The van der Waals surface area contributed by atoms with E-state index in [0.717, 1.165) is 5.56 Å². The maximum atomic E-state index is 11.2. The molecule has 0 aliphatic heterocycles. The molecule has 0 spiro atoms. The summed E-state index contributed by atoms with van der Waals surface area (Å²) < 4.78 is 6.13. The maximum absolute atomic E-state index is 11.2. The number of aromatic nitrogens is 1. The number of aldehydes is 1. The lowest BCUT2D eigenvalue weighted by atomic mass is 10.1. The topological polar surface area (TPSA) is 52.2 Å². The summed E-state index contributed by atoms with van der Waals surface area (Å²) in [4.78, 5) is 22.0. The summed E-state index contributed by atoms with van der Waals surface area (Å²) in [6, 6.07) is 9.17. The van der Waals surface area contributed by atoms with E-state index in [0.29, 0.717) is 12.0 Å². The van der Waals surface area contributed by atoms with Gasteiger partial charge in [0.25, 0.3) is 0 Å². The average Bonchev–Trinajstić information content (AvgIpc) is 2.54. The van der Waals surface area contributed by atoms with E-state index >= 15 is 0 Å². The summed E-state index contributed by atoms with van der Waals surface area (Å²) in [5.41, 5.74) is 0.749. The first-order valence-electron chi connectivity index (χ1n) is 4.45. The van der Waals surface area contributed by atoms with Crippen LogP contribution < -0.4 is 5.63 Å². The van der Waals surface area contributed by atoms with E-state index in [1.165, 1.54) is 4.74 Å². The highest BCUT2D eigenvalue weighted by molar-refractivity contribution is 5.85. The van der Waals surface area contributed by atoms with E-state index in [-0.39, 0.29) is 5.56 Å². The molecule has 15 heavy (non-hydrogen) atoms. The van der Waals surface area contributed by atoms with Crippen molar-refractivity contribution in [3.8, 4) is 11.3 Å². The Bertz CT molecular complexity index is 537. The summed E-state index contributed by atoms with van der Waals surface area (Å²) in [7, 11) is 1.59. The van der Waals surface area contributed by atoms with Crippen molar-refractivity contribution >= 4 is 6.29 Å². The molecule has 0 bridgehead atoms. The lowest BCUT2D eigenvalue weighted by Gasteiger charge is -2.00. The fraction of sp³-hybridized carbons (Fsp3) is 0.0909. The lowest BCUT2D eigenvalue weighted by Crippen LogP contribution is -2.00. The highest BCUT2D eigenvalue weighted by atomic mass is 16.5. The largest absolute Gasteiger partial charge is 0.368 e. The molecule has 1 aromatic heterocycles. The first-order chi connectivity index (χ1) is 7.24. The molecular weight excluding hydrogens is 194 g/mol.